The third kappa shape index (κ3) is 1.66. The van der Waals surface area contributed by atoms with E-state index in [1.165, 1.54) is 38.8 Å². The predicted octanol–water partition coefficient (Wildman–Crippen LogP) is 2.52. The minimum Gasteiger partial charge on any atom is -0.300 e. The summed E-state index contributed by atoms with van der Waals surface area (Å²) < 4.78 is 0. The molecule has 0 bridgehead atoms. The summed E-state index contributed by atoms with van der Waals surface area (Å²) in [4.78, 5) is 2.72. The monoisotopic (exact) mass is 167 g/mol. The first-order valence-corrected chi connectivity index (χ1v) is 5.55. The van der Waals surface area contributed by atoms with Gasteiger partial charge in [0.05, 0.1) is 0 Å². The lowest BCUT2D eigenvalue weighted by molar-refractivity contribution is 0.120. The van der Waals surface area contributed by atoms with Crippen molar-refractivity contribution in [2.45, 2.75) is 45.6 Å². The minimum absolute atomic E-state index is 0.948. The molecule has 0 unspecified atom stereocenters. The fraction of sp³-hybridized carbons (Fsp3) is 1.00. The molecule has 0 N–H and O–H groups in total. The molecule has 0 amide bonds. The van der Waals surface area contributed by atoms with Gasteiger partial charge in [-0.3, -0.25) is 0 Å². The van der Waals surface area contributed by atoms with Crippen LogP contribution in [0.15, 0.2) is 0 Å². The molecule has 1 saturated heterocycles. The second kappa shape index (κ2) is 3.37. The zero-order valence-electron chi connectivity index (χ0n) is 8.42. The first-order chi connectivity index (χ1) is 5.81. The van der Waals surface area contributed by atoms with Crippen LogP contribution < -0.4 is 0 Å². The Morgan fingerprint density at radius 1 is 1.25 bits per heavy atom. The lowest BCUT2D eigenvalue weighted by Crippen LogP contribution is -2.40. The van der Waals surface area contributed by atoms with Gasteiger partial charge in [-0.2, -0.15) is 0 Å². The third-order valence-corrected chi connectivity index (χ3v) is 3.70. The van der Waals surface area contributed by atoms with E-state index >= 15 is 0 Å². The number of piperidine rings is 1. The van der Waals surface area contributed by atoms with Crippen molar-refractivity contribution in [3.63, 3.8) is 0 Å². The van der Waals surface area contributed by atoms with Crippen molar-refractivity contribution in [3.8, 4) is 0 Å². The van der Waals surface area contributed by atoms with Gasteiger partial charge in [0.15, 0.2) is 0 Å². The Bertz CT molecular complexity index is 151. The molecule has 0 radical (unpaired) electrons. The fourth-order valence-corrected chi connectivity index (χ4v) is 2.60. The van der Waals surface area contributed by atoms with Crippen molar-refractivity contribution < 1.29 is 0 Å². The molecule has 1 aliphatic heterocycles. The quantitative estimate of drug-likeness (QED) is 0.611. The molecule has 0 spiro atoms. The van der Waals surface area contributed by atoms with Crippen molar-refractivity contribution in [3.05, 3.63) is 0 Å². The fourth-order valence-electron chi connectivity index (χ4n) is 2.60. The molecule has 2 rings (SSSR count). The molecule has 1 nitrogen and oxygen atoms in total. The minimum atomic E-state index is 0.948. The van der Waals surface area contributed by atoms with Gasteiger partial charge in [0.1, 0.15) is 0 Å². The molecule has 0 aromatic rings. The molecule has 2 atom stereocenters. The smallest absolute Gasteiger partial charge is 0.00965 e. The summed E-state index contributed by atoms with van der Waals surface area (Å²) in [6.07, 6.45) is 5.79. The van der Waals surface area contributed by atoms with Gasteiger partial charge in [-0.05, 0) is 37.6 Å². The Labute approximate surface area is 76.1 Å². The van der Waals surface area contributed by atoms with Crippen LogP contribution in [-0.4, -0.2) is 24.0 Å². The highest BCUT2D eigenvalue weighted by Gasteiger charge is 2.34. The Kier molecular flexibility index (Phi) is 2.40. The van der Waals surface area contributed by atoms with Crippen LogP contribution >= 0.6 is 0 Å². The number of rotatable bonds is 2. The largest absolute Gasteiger partial charge is 0.300 e. The van der Waals surface area contributed by atoms with Crippen molar-refractivity contribution in [1.29, 1.82) is 0 Å². The van der Waals surface area contributed by atoms with Crippen molar-refractivity contribution in [2.75, 3.05) is 13.1 Å². The van der Waals surface area contributed by atoms with Crippen LogP contribution in [0.5, 0.6) is 0 Å². The molecule has 2 fully saturated rings. The number of hydrogen-bond acceptors (Lipinski definition) is 1. The normalized spacial score (nSPS) is 38.5. The van der Waals surface area contributed by atoms with Gasteiger partial charge in [-0.15, -0.1) is 0 Å². The highest BCUT2D eigenvalue weighted by atomic mass is 15.2. The maximum absolute atomic E-state index is 2.72. The number of nitrogens with zero attached hydrogens (tertiary/aromatic N) is 1. The van der Waals surface area contributed by atoms with E-state index in [0.29, 0.717) is 0 Å². The third-order valence-electron chi connectivity index (χ3n) is 3.70. The van der Waals surface area contributed by atoms with Crippen LogP contribution in [0.25, 0.3) is 0 Å². The number of likely N-dealkylation sites (tertiary alicyclic amines) is 1. The van der Waals surface area contributed by atoms with Gasteiger partial charge in [0.2, 0.25) is 0 Å². The average molecular weight is 167 g/mol. The Morgan fingerprint density at radius 3 is 2.50 bits per heavy atom. The first kappa shape index (κ1) is 8.55. The summed E-state index contributed by atoms with van der Waals surface area (Å²) in [5, 5.41) is 0. The Hall–Kier alpha value is -0.0400. The average Bonchev–Trinajstić information content (AvgIpc) is 2.86. The SMILES string of the molecule is CC[C@H]1CCN(C2CC2)C[C@@H]1C. The van der Waals surface area contributed by atoms with E-state index in [9.17, 15) is 0 Å². The highest BCUT2D eigenvalue weighted by molar-refractivity contribution is 4.88. The van der Waals surface area contributed by atoms with E-state index < -0.39 is 0 Å². The number of hydrogen-bond donors (Lipinski definition) is 0. The van der Waals surface area contributed by atoms with Gasteiger partial charge < -0.3 is 4.90 Å². The summed E-state index contributed by atoms with van der Waals surface area (Å²) in [5.41, 5.74) is 0. The van der Waals surface area contributed by atoms with E-state index in [2.05, 4.69) is 18.7 Å². The van der Waals surface area contributed by atoms with Gasteiger partial charge in [0, 0.05) is 12.6 Å². The second-order valence-electron chi connectivity index (χ2n) is 4.66. The summed E-state index contributed by atoms with van der Waals surface area (Å²) >= 11 is 0. The van der Waals surface area contributed by atoms with Crippen LogP contribution in [0.1, 0.15) is 39.5 Å². The maximum atomic E-state index is 2.72. The Morgan fingerprint density at radius 2 is 2.00 bits per heavy atom. The van der Waals surface area contributed by atoms with Crippen LogP contribution in [-0.2, 0) is 0 Å². The Balaban J connectivity index is 1.84. The van der Waals surface area contributed by atoms with Crippen LogP contribution in [0, 0.1) is 11.8 Å². The topological polar surface area (TPSA) is 3.24 Å². The van der Waals surface area contributed by atoms with Gasteiger partial charge in [-0.25, -0.2) is 0 Å². The summed E-state index contributed by atoms with van der Waals surface area (Å²) in [7, 11) is 0. The van der Waals surface area contributed by atoms with E-state index in [1.54, 1.807) is 0 Å². The molecule has 1 saturated carbocycles. The molecule has 1 heteroatoms. The summed E-state index contributed by atoms with van der Waals surface area (Å²) in [5.74, 6) is 1.96. The molecule has 0 aromatic carbocycles. The molecular formula is C11H21N. The van der Waals surface area contributed by atoms with Crippen LogP contribution in [0.3, 0.4) is 0 Å². The summed E-state index contributed by atoms with van der Waals surface area (Å²) in [6, 6.07) is 0.991. The molecule has 1 heterocycles. The van der Waals surface area contributed by atoms with E-state index in [1.807, 2.05) is 0 Å². The molecule has 70 valence electrons. The zero-order chi connectivity index (χ0) is 8.55. The molecule has 2 aliphatic rings. The molecule has 12 heavy (non-hydrogen) atoms. The van der Waals surface area contributed by atoms with Gasteiger partial charge in [-0.1, -0.05) is 20.3 Å². The van der Waals surface area contributed by atoms with E-state index in [4.69, 9.17) is 0 Å². The van der Waals surface area contributed by atoms with Crippen LogP contribution in [0.4, 0.5) is 0 Å². The van der Waals surface area contributed by atoms with Crippen molar-refractivity contribution >= 4 is 0 Å². The van der Waals surface area contributed by atoms with E-state index in [-0.39, 0.29) is 0 Å². The highest BCUT2D eigenvalue weighted by Crippen LogP contribution is 2.33. The lowest BCUT2D eigenvalue weighted by Gasteiger charge is -2.36. The standard InChI is InChI=1S/C11H21N/c1-3-10-6-7-12(8-9(10)2)11-4-5-11/h9-11H,3-8H2,1-2H3/t9-,10-/m0/s1. The maximum Gasteiger partial charge on any atom is 0.00965 e. The predicted molar refractivity (Wildman–Crippen MR) is 52.2 cm³/mol. The van der Waals surface area contributed by atoms with Gasteiger partial charge >= 0.3 is 0 Å². The van der Waals surface area contributed by atoms with Gasteiger partial charge in [0.25, 0.3) is 0 Å². The molecular weight excluding hydrogens is 146 g/mol. The lowest BCUT2D eigenvalue weighted by atomic mass is 9.85. The van der Waals surface area contributed by atoms with Crippen molar-refractivity contribution in [2.24, 2.45) is 11.8 Å². The molecule has 0 aromatic heterocycles. The zero-order valence-corrected chi connectivity index (χ0v) is 8.42. The summed E-state index contributed by atoms with van der Waals surface area (Å²) in [6.45, 7) is 7.54. The van der Waals surface area contributed by atoms with Crippen molar-refractivity contribution in [1.82, 2.24) is 4.90 Å². The van der Waals surface area contributed by atoms with Crippen LogP contribution in [0.2, 0.25) is 0 Å². The molecule has 1 aliphatic carbocycles. The first-order valence-electron chi connectivity index (χ1n) is 5.55. The van der Waals surface area contributed by atoms with E-state index in [0.717, 1.165) is 17.9 Å². The second-order valence-corrected chi connectivity index (χ2v) is 4.66.